The third-order valence-corrected chi connectivity index (χ3v) is 4.89. The predicted molar refractivity (Wildman–Crippen MR) is 94.5 cm³/mol. The Balaban J connectivity index is 1.67. The Labute approximate surface area is 146 Å². The van der Waals surface area contributed by atoms with Crippen molar-refractivity contribution in [3.05, 3.63) is 40.9 Å². The van der Waals surface area contributed by atoms with Crippen molar-refractivity contribution in [3.63, 3.8) is 0 Å². The van der Waals surface area contributed by atoms with Crippen LogP contribution < -0.4 is 5.32 Å². The molecule has 0 saturated carbocycles. The number of rotatable bonds is 3. The number of urea groups is 1. The molecule has 1 aromatic carbocycles. The zero-order valence-electron chi connectivity index (χ0n) is 14.0. The number of aryl methyl sites for hydroxylation is 2. The first-order chi connectivity index (χ1) is 11.6. The average molecular weight is 348 g/mol. The van der Waals surface area contributed by atoms with E-state index in [0.29, 0.717) is 11.6 Å². The van der Waals surface area contributed by atoms with Crippen molar-refractivity contribution in [3.8, 4) is 0 Å². The monoisotopic (exact) mass is 347 g/mol. The predicted octanol–water partition coefficient (Wildman–Crippen LogP) is 3.67. The summed E-state index contributed by atoms with van der Waals surface area (Å²) >= 11 is 6.12. The highest BCUT2D eigenvalue weighted by Crippen LogP contribution is 2.26. The van der Waals surface area contributed by atoms with Gasteiger partial charge in [0.25, 0.3) is 0 Å². The molecule has 0 aliphatic carbocycles. The summed E-state index contributed by atoms with van der Waals surface area (Å²) in [4.78, 5) is 14.4. The van der Waals surface area contributed by atoms with Gasteiger partial charge in [0.2, 0.25) is 0 Å². The lowest BCUT2D eigenvalue weighted by Gasteiger charge is -2.32. The molecule has 2 heterocycles. The highest BCUT2D eigenvalue weighted by atomic mass is 35.5. The van der Waals surface area contributed by atoms with Gasteiger partial charge in [0, 0.05) is 36.3 Å². The number of hydrogen-bond donors (Lipinski definition) is 1. The second-order valence-corrected chi connectivity index (χ2v) is 6.56. The van der Waals surface area contributed by atoms with Crippen LogP contribution in [-0.4, -0.2) is 38.8 Å². The van der Waals surface area contributed by atoms with E-state index in [1.807, 2.05) is 28.5 Å². The maximum atomic E-state index is 12.6. The van der Waals surface area contributed by atoms with Gasteiger partial charge in [-0.1, -0.05) is 17.7 Å². The van der Waals surface area contributed by atoms with Crippen molar-refractivity contribution < 1.29 is 4.79 Å². The number of benzene rings is 1. The van der Waals surface area contributed by atoms with E-state index in [1.165, 1.54) is 0 Å². The van der Waals surface area contributed by atoms with Crippen LogP contribution in [0.25, 0.3) is 0 Å². The van der Waals surface area contributed by atoms with Crippen LogP contribution in [0.5, 0.6) is 0 Å². The van der Waals surface area contributed by atoms with E-state index in [-0.39, 0.29) is 11.9 Å². The van der Waals surface area contributed by atoms with E-state index in [1.54, 1.807) is 12.4 Å². The van der Waals surface area contributed by atoms with Gasteiger partial charge >= 0.3 is 6.03 Å². The number of likely N-dealkylation sites (tertiary alicyclic amines) is 1. The van der Waals surface area contributed by atoms with Gasteiger partial charge in [-0.3, -0.25) is 0 Å². The summed E-state index contributed by atoms with van der Waals surface area (Å²) in [6, 6.07) is 5.46. The van der Waals surface area contributed by atoms with Crippen molar-refractivity contribution in [1.82, 2.24) is 19.7 Å². The second-order valence-electron chi connectivity index (χ2n) is 6.15. The average Bonchev–Trinajstić information content (AvgIpc) is 3.07. The second kappa shape index (κ2) is 7.21. The number of nitrogens with one attached hydrogen (secondary N) is 1. The molecule has 1 atom stereocenters. The molecule has 1 aliphatic rings. The van der Waals surface area contributed by atoms with Gasteiger partial charge in [0.15, 0.2) is 0 Å². The SMILES string of the molecule is CCn1cnnc1[C@H]1CCCN(C(=O)Nc2ccc(C)c(Cl)c2)C1. The molecule has 1 aromatic heterocycles. The molecule has 2 amide bonds. The van der Waals surface area contributed by atoms with E-state index in [0.717, 1.165) is 43.0 Å². The number of anilines is 1. The molecule has 0 spiro atoms. The van der Waals surface area contributed by atoms with Gasteiger partial charge < -0.3 is 14.8 Å². The third-order valence-electron chi connectivity index (χ3n) is 4.48. The molecule has 1 saturated heterocycles. The summed E-state index contributed by atoms with van der Waals surface area (Å²) < 4.78 is 2.05. The number of nitrogens with zero attached hydrogens (tertiary/aromatic N) is 4. The Morgan fingerprint density at radius 3 is 3.04 bits per heavy atom. The first kappa shape index (κ1) is 16.8. The van der Waals surface area contributed by atoms with Gasteiger partial charge in [-0.05, 0) is 44.4 Å². The maximum Gasteiger partial charge on any atom is 0.321 e. The maximum absolute atomic E-state index is 12.6. The van der Waals surface area contributed by atoms with Crippen LogP contribution in [-0.2, 0) is 6.54 Å². The van der Waals surface area contributed by atoms with Crippen LogP contribution in [0.1, 0.15) is 37.1 Å². The third kappa shape index (κ3) is 3.53. The summed E-state index contributed by atoms with van der Waals surface area (Å²) in [5.74, 6) is 1.20. The van der Waals surface area contributed by atoms with Crippen molar-refractivity contribution in [2.24, 2.45) is 0 Å². The van der Waals surface area contributed by atoms with E-state index in [2.05, 4.69) is 22.4 Å². The number of amides is 2. The van der Waals surface area contributed by atoms with E-state index in [4.69, 9.17) is 11.6 Å². The molecular formula is C17H22ClN5O. The number of carbonyl (C=O) groups is 1. The summed E-state index contributed by atoms with van der Waals surface area (Å²) in [7, 11) is 0. The van der Waals surface area contributed by atoms with Gasteiger partial charge in [-0.25, -0.2) is 4.79 Å². The number of halogens is 1. The minimum absolute atomic E-state index is 0.0952. The Morgan fingerprint density at radius 2 is 2.29 bits per heavy atom. The molecule has 0 radical (unpaired) electrons. The standard InChI is InChI=1S/C17H22ClN5O/c1-3-22-11-19-21-16(22)13-5-4-8-23(10-13)17(24)20-14-7-6-12(2)15(18)9-14/h6-7,9,11,13H,3-5,8,10H2,1-2H3,(H,20,24)/t13-/m0/s1. The molecular weight excluding hydrogens is 326 g/mol. The Kier molecular flexibility index (Phi) is 5.04. The van der Waals surface area contributed by atoms with Gasteiger partial charge in [0.05, 0.1) is 0 Å². The molecule has 1 fully saturated rings. The zero-order valence-corrected chi connectivity index (χ0v) is 14.8. The van der Waals surface area contributed by atoms with Crippen LogP contribution in [0.4, 0.5) is 10.5 Å². The van der Waals surface area contributed by atoms with Crippen LogP contribution in [0.3, 0.4) is 0 Å². The zero-order chi connectivity index (χ0) is 17.1. The Morgan fingerprint density at radius 1 is 1.46 bits per heavy atom. The number of piperidine rings is 1. The smallest absolute Gasteiger partial charge is 0.321 e. The van der Waals surface area contributed by atoms with Crippen LogP contribution >= 0.6 is 11.6 Å². The quantitative estimate of drug-likeness (QED) is 0.921. The minimum atomic E-state index is -0.0952. The molecule has 128 valence electrons. The normalized spacial score (nSPS) is 17.8. The highest BCUT2D eigenvalue weighted by molar-refractivity contribution is 6.31. The molecule has 0 bridgehead atoms. The first-order valence-electron chi connectivity index (χ1n) is 8.28. The molecule has 24 heavy (non-hydrogen) atoms. The topological polar surface area (TPSA) is 63.1 Å². The fourth-order valence-electron chi connectivity index (χ4n) is 3.07. The first-order valence-corrected chi connectivity index (χ1v) is 8.66. The fourth-order valence-corrected chi connectivity index (χ4v) is 3.25. The minimum Gasteiger partial charge on any atom is -0.324 e. The van der Waals surface area contributed by atoms with Crippen molar-refractivity contribution in [1.29, 1.82) is 0 Å². The lowest BCUT2D eigenvalue weighted by Crippen LogP contribution is -2.42. The van der Waals surface area contributed by atoms with Gasteiger partial charge in [-0.2, -0.15) is 0 Å². The molecule has 2 aromatic rings. The molecule has 1 aliphatic heterocycles. The molecule has 0 unspecified atom stereocenters. The van der Waals surface area contributed by atoms with Crippen molar-refractivity contribution in [2.45, 2.75) is 39.2 Å². The van der Waals surface area contributed by atoms with E-state index in [9.17, 15) is 4.79 Å². The molecule has 6 nitrogen and oxygen atoms in total. The number of hydrogen-bond acceptors (Lipinski definition) is 3. The van der Waals surface area contributed by atoms with Gasteiger partial charge in [-0.15, -0.1) is 10.2 Å². The van der Waals surface area contributed by atoms with Crippen molar-refractivity contribution in [2.75, 3.05) is 18.4 Å². The molecule has 7 heteroatoms. The summed E-state index contributed by atoms with van der Waals surface area (Å²) in [6.45, 7) is 6.26. The lowest BCUT2D eigenvalue weighted by atomic mass is 9.97. The molecule has 3 rings (SSSR count). The summed E-state index contributed by atoms with van der Waals surface area (Å²) in [5, 5.41) is 11.8. The largest absolute Gasteiger partial charge is 0.324 e. The number of carbonyl (C=O) groups excluding carboxylic acids is 1. The fraction of sp³-hybridized carbons (Fsp3) is 0.471. The summed E-state index contributed by atoms with van der Waals surface area (Å²) in [5.41, 5.74) is 1.71. The number of aromatic nitrogens is 3. The van der Waals surface area contributed by atoms with Crippen LogP contribution in [0.15, 0.2) is 24.5 Å². The van der Waals surface area contributed by atoms with Crippen molar-refractivity contribution >= 4 is 23.3 Å². The Bertz CT molecular complexity index is 730. The molecule has 1 N–H and O–H groups in total. The summed E-state index contributed by atoms with van der Waals surface area (Å²) in [6.07, 6.45) is 3.74. The van der Waals surface area contributed by atoms with E-state index >= 15 is 0 Å². The van der Waals surface area contributed by atoms with E-state index < -0.39 is 0 Å². The van der Waals surface area contributed by atoms with Crippen LogP contribution in [0, 0.1) is 6.92 Å². The highest BCUT2D eigenvalue weighted by Gasteiger charge is 2.27. The van der Waals surface area contributed by atoms with Gasteiger partial charge in [0.1, 0.15) is 12.2 Å². The Hall–Kier alpha value is -2.08. The van der Waals surface area contributed by atoms with Crippen LogP contribution in [0.2, 0.25) is 5.02 Å². The lowest BCUT2D eigenvalue weighted by molar-refractivity contribution is 0.190.